The number of rotatable bonds is 10. The molecule has 0 saturated carbocycles. The van der Waals surface area contributed by atoms with Crippen LogP contribution in [0.5, 0.6) is 0 Å². The lowest BCUT2D eigenvalue weighted by Gasteiger charge is -2.34. The van der Waals surface area contributed by atoms with E-state index in [0.717, 1.165) is 23.7 Å². The lowest BCUT2D eigenvalue weighted by Crippen LogP contribution is -2.33. The van der Waals surface area contributed by atoms with Gasteiger partial charge in [0.15, 0.2) is 0 Å². The van der Waals surface area contributed by atoms with Gasteiger partial charge in [-0.1, -0.05) is 69.2 Å². The van der Waals surface area contributed by atoms with Crippen molar-refractivity contribution in [3.63, 3.8) is 0 Å². The molecule has 0 aliphatic carbocycles. The van der Waals surface area contributed by atoms with Crippen molar-refractivity contribution in [2.75, 3.05) is 0 Å². The van der Waals surface area contributed by atoms with Crippen LogP contribution in [0.15, 0.2) is 0 Å². The number of ether oxygens (including phenoxy) is 1. The average molecular weight is 299 g/mol. The summed E-state index contributed by atoms with van der Waals surface area (Å²) in [5.41, 5.74) is 0. The van der Waals surface area contributed by atoms with Crippen LogP contribution in [-0.2, 0) is 4.74 Å². The Kier molecular flexibility index (Phi) is 9.85. The molecule has 0 spiro atoms. The molecule has 0 saturated heterocycles. The fourth-order valence-corrected chi connectivity index (χ4v) is 2.47. The minimum atomic E-state index is 0.397. The maximum atomic E-state index is 6.62. The van der Waals surface area contributed by atoms with E-state index < -0.39 is 0 Å². The van der Waals surface area contributed by atoms with Crippen LogP contribution < -0.4 is 0 Å². The van der Waals surface area contributed by atoms with Crippen LogP contribution >= 0.6 is 0 Å². The molecule has 0 N–H and O–H groups in total. The van der Waals surface area contributed by atoms with E-state index in [1.54, 1.807) is 0 Å². The summed E-state index contributed by atoms with van der Waals surface area (Å²) in [4.78, 5) is 0. The largest absolute Gasteiger partial charge is 0.374 e. The Morgan fingerprint density at radius 1 is 0.476 bits per heavy atom. The summed E-state index contributed by atoms with van der Waals surface area (Å²) in [6.45, 7) is 23.2. The zero-order chi connectivity index (χ0) is 16.7. The smallest absolute Gasteiger partial charge is 0.0604 e. The molecule has 0 heterocycles. The Balaban J connectivity index is 4.75. The van der Waals surface area contributed by atoms with E-state index in [0.29, 0.717) is 24.0 Å². The lowest BCUT2D eigenvalue weighted by atomic mass is 9.86. The molecule has 1 heteroatoms. The Morgan fingerprint density at radius 3 is 0.952 bits per heavy atom. The van der Waals surface area contributed by atoms with Gasteiger partial charge in [0.2, 0.25) is 0 Å². The summed E-state index contributed by atoms with van der Waals surface area (Å²) in [7, 11) is 0. The first-order valence-corrected chi connectivity index (χ1v) is 9.21. The molecule has 0 aromatic carbocycles. The van der Waals surface area contributed by atoms with Crippen LogP contribution in [0.25, 0.3) is 0 Å². The standard InChI is InChI=1S/C20H42O/c1-13(2)17(9)11-19(15(5)6)21-20(16(7)8)12-18(10)14(3)4/h13-20H,11-12H2,1-10H3. The van der Waals surface area contributed by atoms with Crippen molar-refractivity contribution in [2.45, 2.75) is 94.3 Å². The molecular formula is C20H42O. The molecule has 4 atom stereocenters. The summed E-state index contributed by atoms with van der Waals surface area (Å²) >= 11 is 0. The summed E-state index contributed by atoms with van der Waals surface area (Å²) < 4.78 is 6.62. The second-order valence-corrected chi connectivity index (χ2v) is 8.62. The molecule has 0 aromatic rings. The second kappa shape index (κ2) is 9.87. The Hall–Kier alpha value is -0.0400. The van der Waals surface area contributed by atoms with Gasteiger partial charge in [0, 0.05) is 0 Å². The third-order valence-corrected chi connectivity index (χ3v) is 5.32. The molecule has 1 nitrogen and oxygen atoms in total. The first-order chi connectivity index (χ1) is 9.56. The molecule has 0 aliphatic heterocycles. The van der Waals surface area contributed by atoms with Crippen molar-refractivity contribution in [1.29, 1.82) is 0 Å². The normalized spacial score (nSPS) is 18.6. The Bertz CT molecular complexity index is 229. The summed E-state index contributed by atoms with van der Waals surface area (Å²) in [6, 6.07) is 0. The van der Waals surface area contributed by atoms with Gasteiger partial charge in [-0.2, -0.15) is 0 Å². The van der Waals surface area contributed by atoms with Crippen LogP contribution in [-0.4, -0.2) is 12.2 Å². The topological polar surface area (TPSA) is 9.23 Å². The molecule has 0 fully saturated rings. The average Bonchev–Trinajstić information content (AvgIpc) is 2.35. The highest BCUT2D eigenvalue weighted by Crippen LogP contribution is 2.28. The van der Waals surface area contributed by atoms with Gasteiger partial charge in [0.1, 0.15) is 0 Å². The van der Waals surface area contributed by atoms with Gasteiger partial charge in [-0.15, -0.1) is 0 Å². The van der Waals surface area contributed by atoms with Crippen molar-refractivity contribution >= 4 is 0 Å². The van der Waals surface area contributed by atoms with Crippen molar-refractivity contribution in [2.24, 2.45) is 35.5 Å². The van der Waals surface area contributed by atoms with E-state index in [1.807, 2.05) is 0 Å². The molecule has 0 amide bonds. The van der Waals surface area contributed by atoms with Crippen molar-refractivity contribution < 1.29 is 4.74 Å². The number of hydrogen-bond acceptors (Lipinski definition) is 1. The minimum Gasteiger partial charge on any atom is -0.374 e. The summed E-state index contributed by atoms with van der Waals surface area (Å²) in [6.07, 6.45) is 3.17. The van der Waals surface area contributed by atoms with Crippen molar-refractivity contribution in [1.82, 2.24) is 0 Å². The maximum absolute atomic E-state index is 6.62. The van der Waals surface area contributed by atoms with Gasteiger partial charge in [-0.05, 0) is 48.3 Å². The monoisotopic (exact) mass is 298 g/mol. The van der Waals surface area contributed by atoms with E-state index in [1.165, 1.54) is 12.8 Å². The van der Waals surface area contributed by atoms with Crippen LogP contribution in [0.3, 0.4) is 0 Å². The van der Waals surface area contributed by atoms with Crippen LogP contribution in [0.1, 0.15) is 82.1 Å². The molecule has 0 radical (unpaired) electrons. The van der Waals surface area contributed by atoms with Crippen molar-refractivity contribution in [3.8, 4) is 0 Å². The minimum absolute atomic E-state index is 0.397. The molecule has 0 bridgehead atoms. The zero-order valence-electron chi connectivity index (χ0n) is 16.4. The first kappa shape index (κ1) is 21.0. The predicted molar refractivity (Wildman–Crippen MR) is 95.6 cm³/mol. The first-order valence-electron chi connectivity index (χ1n) is 9.21. The highest BCUT2D eigenvalue weighted by Gasteiger charge is 2.26. The highest BCUT2D eigenvalue weighted by molar-refractivity contribution is 4.75. The third-order valence-electron chi connectivity index (χ3n) is 5.32. The van der Waals surface area contributed by atoms with Gasteiger partial charge in [-0.25, -0.2) is 0 Å². The fraction of sp³-hybridized carbons (Fsp3) is 1.00. The summed E-state index contributed by atoms with van der Waals surface area (Å²) in [5.74, 6) is 4.13. The Labute approximate surface area is 135 Å². The second-order valence-electron chi connectivity index (χ2n) is 8.62. The van der Waals surface area contributed by atoms with E-state index in [9.17, 15) is 0 Å². The van der Waals surface area contributed by atoms with Gasteiger partial charge >= 0.3 is 0 Å². The third kappa shape index (κ3) is 8.24. The Morgan fingerprint density at radius 2 is 0.762 bits per heavy atom. The SMILES string of the molecule is CC(C)C(C)CC(OC(CC(C)C(C)C)C(C)C)C(C)C. The van der Waals surface area contributed by atoms with Gasteiger partial charge in [-0.3, -0.25) is 0 Å². The van der Waals surface area contributed by atoms with Gasteiger partial charge < -0.3 is 4.74 Å². The predicted octanol–water partition coefficient (Wildman–Crippen LogP) is 6.42. The van der Waals surface area contributed by atoms with E-state index >= 15 is 0 Å². The van der Waals surface area contributed by atoms with Gasteiger partial charge in [0.25, 0.3) is 0 Å². The molecule has 4 unspecified atom stereocenters. The van der Waals surface area contributed by atoms with Gasteiger partial charge in [0.05, 0.1) is 12.2 Å². The molecule has 21 heavy (non-hydrogen) atoms. The van der Waals surface area contributed by atoms with Crippen molar-refractivity contribution in [3.05, 3.63) is 0 Å². The highest BCUT2D eigenvalue weighted by atomic mass is 16.5. The molecule has 0 aliphatic rings. The maximum Gasteiger partial charge on any atom is 0.0604 e. The fourth-order valence-electron chi connectivity index (χ4n) is 2.47. The van der Waals surface area contributed by atoms with E-state index in [2.05, 4.69) is 69.2 Å². The molecular weight excluding hydrogens is 256 g/mol. The number of hydrogen-bond donors (Lipinski definition) is 0. The molecule has 128 valence electrons. The molecule has 0 rings (SSSR count). The quantitative estimate of drug-likeness (QED) is 0.452. The molecule has 0 aromatic heterocycles. The van der Waals surface area contributed by atoms with Crippen LogP contribution in [0, 0.1) is 35.5 Å². The van der Waals surface area contributed by atoms with Crippen LogP contribution in [0.2, 0.25) is 0 Å². The van der Waals surface area contributed by atoms with E-state index in [-0.39, 0.29) is 0 Å². The summed E-state index contributed by atoms with van der Waals surface area (Å²) in [5, 5.41) is 0. The van der Waals surface area contributed by atoms with Crippen LogP contribution in [0.4, 0.5) is 0 Å². The lowest BCUT2D eigenvalue weighted by molar-refractivity contribution is -0.0780. The zero-order valence-corrected chi connectivity index (χ0v) is 16.4. The van der Waals surface area contributed by atoms with E-state index in [4.69, 9.17) is 4.74 Å².